The lowest BCUT2D eigenvalue weighted by Gasteiger charge is -2.13. The zero-order chi connectivity index (χ0) is 17.7. The fourth-order valence-corrected chi connectivity index (χ4v) is 2.23. The molecule has 2 aromatic carbocycles. The number of halogens is 1. The number of nitro groups is 1. The van der Waals surface area contributed by atoms with Crippen LogP contribution in [0.2, 0.25) is 5.02 Å². The van der Waals surface area contributed by atoms with Crippen LogP contribution >= 0.6 is 11.6 Å². The standard InChI is InChI=1S/C16H12ClNO6/c1-2-23-14-8-10(9-19)7-12(17)15(14)24-16(20)11-5-3-4-6-13(11)18(21)22/h3-9H,2H2,1H3. The van der Waals surface area contributed by atoms with Gasteiger partial charge in [-0.25, -0.2) is 4.79 Å². The van der Waals surface area contributed by atoms with Gasteiger partial charge in [-0.3, -0.25) is 14.9 Å². The Kier molecular flexibility index (Phi) is 5.49. The smallest absolute Gasteiger partial charge is 0.350 e. The summed E-state index contributed by atoms with van der Waals surface area (Å²) >= 11 is 6.03. The number of esters is 1. The first-order valence-corrected chi connectivity index (χ1v) is 7.22. The van der Waals surface area contributed by atoms with Gasteiger partial charge in [0.15, 0.2) is 11.5 Å². The summed E-state index contributed by atoms with van der Waals surface area (Å²) in [6.07, 6.45) is 0.571. The van der Waals surface area contributed by atoms with Crippen LogP contribution in [0.5, 0.6) is 11.5 Å². The molecule has 2 rings (SSSR count). The molecule has 24 heavy (non-hydrogen) atoms. The normalized spacial score (nSPS) is 10.1. The second-order valence-electron chi connectivity index (χ2n) is 4.54. The third-order valence-corrected chi connectivity index (χ3v) is 3.26. The van der Waals surface area contributed by atoms with Gasteiger partial charge < -0.3 is 9.47 Å². The number of rotatable bonds is 6. The van der Waals surface area contributed by atoms with Crippen molar-refractivity contribution < 1.29 is 24.0 Å². The molecule has 0 unspecified atom stereocenters. The monoisotopic (exact) mass is 349 g/mol. The molecule has 8 heteroatoms. The largest absolute Gasteiger partial charge is 0.490 e. The van der Waals surface area contributed by atoms with Crippen molar-refractivity contribution in [1.82, 2.24) is 0 Å². The van der Waals surface area contributed by atoms with Gasteiger partial charge in [-0.1, -0.05) is 23.7 Å². The van der Waals surface area contributed by atoms with Crippen molar-refractivity contribution >= 4 is 29.5 Å². The van der Waals surface area contributed by atoms with Crippen LogP contribution in [0.25, 0.3) is 0 Å². The van der Waals surface area contributed by atoms with Crippen LogP contribution in [0.3, 0.4) is 0 Å². The third-order valence-electron chi connectivity index (χ3n) is 2.98. The molecule has 0 aliphatic rings. The van der Waals surface area contributed by atoms with E-state index in [0.717, 1.165) is 0 Å². The average Bonchev–Trinajstić information content (AvgIpc) is 2.57. The zero-order valence-corrected chi connectivity index (χ0v) is 13.3. The Bertz CT molecular complexity index is 805. The Morgan fingerprint density at radius 2 is 2.04 bits per heavy atom. The lowest BCUT2D eigenvalue weighted by atomic mass is 10.2. The average molecular weight is 350 g/mol. The molecule has 0 amide bonds. The van der Waals surface area contributed by atoms with Gasteiger partial charge in [0.05, 0.1) is 16.6 Å². The number of carbonyl (C=O) groups is 2. The predicted molar refractivity (Wildman–Crippen MR) is 86.1 cm³/mol. The molecule has 0 saturated carbocycles. The number of hydrogen-bond donors (Lipinski definition) is 0. The molecule has 0 aliphatic heterocycles. The molecule has 0 heterocycles. The highest BCUT2D eigenvalue weighted by Gasteiger charge is 2.24. The van der Waals surface area contributed by atoms with E-state index in [0.29, 0.717) is 6.29 Å². The maximum atomic E-state index is 12.3. The first kappa shape index (κ1) is 17.4. The van der Waals surface area contributed by atoms with E-state index in [1.807, 2.05) is 0 Å². The molecule has 124 valence electrons. The maximum Gasteiger partial charge on any atom is 0.350 e. The van der Waals surface area contributed by atoms with Gasteiger partial charge in [0.2, 0.25) is 0 Å². The summed E-state index contributed by atoms with van der Waals surface area (Å²) in [7, 11) is 0. The van der Waals surface area contributed by atoms with E-state index in [-0.39, 0.29) is 39.9 Å². The molecule has 0 aliphatic carbocycles. The van der Waals surface area contributed by atoms with Crippen molar-refractivity contribution in [2.45, 2.75) is 6.92 Å². The maximum absolute atomic E-state index is 12.3. The van der Waals surface area contributed by atoms with Crippen molar-refractivity contribution in [3.8, 4) is 11.5 Å². The molecule has 0 saturated heterocycles. The van der Waals surface area contributed by atoms with E-state index in [2.05, 4.69) is 0 Å². The Morgan fingerprint density at radius 1 is 1.33 bits per heavy atom. The van der Waals surface area contributed by atoms with Crippen LogP contribution in [0.15, 0.2) is 36.4 Å². The topological polar surface area (TPSA) is 95.7 Å². The molecule has 0 radical (unpaired) electrons. The van der Waals surface area contributed by atoms with Gasteiger partial charge in [-0.2, -0.15) is 0 Å². The van der Waals surface area contributed by atoms with Crippen LogP contribution in [0.4, 0.5) is 5.69 Å². The van der Waals surface area contributed by atoms with Gasteiger partial charge in [-0.05, 0) is 25.1 Å². The van der Waals surface area contributed by atoms with E-state index in [1.165, 1.54) is 36.4 Å². The van der Waals surface area contributed by atoms with Crippen LogP contribution < -0.4 is 9.47 Å². The molecule has 0 atom stereocenters. The third kappa shape index (κ3) is 3.69. The minimum absolute atomic E-state index is 0.0185. The highest BCUT2D eigenvalue weighted by Crippen LogP contribution is 2.37. The van der Waals surface area contributed by atoms with Gasteiger partial charge >= 0.3 is 5.97 Å². The molecule has 0 N–H and O–H groups in total. The highest BCUT2D eigenvalue weighted by atomic mass is 35.5. The van der Waals surface area contributed by atoms with Gasteiger partial charge in [-0.15, -0.1) is 0 Å². The van der Waals surface area contributed by atoms with E-state index < -0.39 is 10.9 Å². The molecule has 0 spiro atoms. The first-order valence-electron chi connectivity index (χ1n) is 6.85. The summed E-state index contributed by atoms with van der Waals surface area (Å²) in [6.45, 7) is 1.95. The lowest BCUT2D eigenvalue weighted by Crippen LogP contribution is -2.12. The fraction of sp³-hybridized carbons (Fsp3) is 0.125. The van der Waals surface area contributed by atoms with Gasteiger partial charge in [0, 0.05) is 11.6 Å². The summed E-state index contributed by atoms with van der Waals surface area (Å²) in [5.41, 5.74) is -0.365. The minimum Gasteiger partial charge on any atom is -0.490 e. The van der Waals surface area contributed by atoms with E-state index >= 15 is 0 Å². The number of ether oxygens (including phenoxy) is 2. The molecule has 2 aromatic rings. The first-order chi connectivity index (χ1) is 11.5. The van der Waals surface area contributed by atoms with E-state index in [9.17, 15) is 19.7 Å². The fourth-order valence-electron chi connectivity index (χ4n) is 1.97. The molecule has 0 aromatic heterocycles. The van der Waals surface area contributed by atoms with Crippen LogP contribution in [0.1, 0.15) is 27.6 Å². The van der Waals surface area contributed by atoms with Crippen molar-refractivity contribution in [1.29, 1.82) is 0 Å². The van der Waals surface area contributed by atoms with E-state index in [4.69, 9.17) is 21.1 Å². The molecule has 7 nitrogen and oxygen atoms in total. The molecule has 0 bridgehead atoms. The van der Waals surface area contributed by atoms with Gasteiger partial charge in [0.25, 0.3) is 5.69 Å². The van der Waals surface area contributed by atoms with Crippen LogP contribution in [0, 0.1) is 10.1 Å². The Balaban J connectivity index is 2.42. The predicted octanol–water partition coefficient (Wildman–Crippen LogP) is 3.68. The number of hydrogen-bond acceptors (Lipinski definition) is 6. The van der Waals surface area contributed by atoms with E-state index in [1.54, 1.807) is 6.92 Å². The highest BCUT2D eigenvalue weighted by molar-refractivity contribution is 6.32. The second-order valence-corrected chi connectivity index (χ2v) is 4.95. The lowest BCUT2D eigenvalue weighted by molar-refractivity contribution is -0.385. The van der Waals surface area contributed by atoms with Crippen LogP contribution in [-0.2, 0) is 0 Å². The minimum atomic E-state index is -0.955. The molecular weight excluding hydrogens is 338 g/mol. The summed E-state index contributed by atoms with van der Waals surface area (Å²) in [4.78, 5) is 33.5. The number of nitrogens with zero attached hydrogens (tertiary/aromatic N) is 1. The SMILES string of the molecule is CCOc1cc(C=O)cc(Cl)c1OC(=O)c1ccccc1[N+](=O)[O-]. The number of para-hydroxylation sites is 1. The van der Waals surface area contributed by atoms with Crippen LogP contribution in [-0.4, -0.2) is 23.8 Å². The summed E-state index contributed by atoms with van der Waals surface area (Å²) in [6, 6.07) is 8.05. The summed E-state index contributed by atoms with van der Waals surface area (Å²) in [5, 5.41) is 11.0. The number of carbonyl (C=O) groups excluding carboxylic acids is 2. The number of nitro benzene ring substituents is 1. The van der Waals surface area contributed by atoms with Crippen molar-refractivity contribution in [3.05, 3.63) is 62.7 Å². The van der Waals surface area contributed by atoms with Crippen molar-refractivity contribution in [3.63, 3.8) is 0 Å². The van der Waals surface area contributed by atoms with Gasteiger partial charge in [0.1, 0.15) is 11.8 Å². The molecular formula is C16H12ClNO6. The summed E-state index contributed by atoms with van der Waals surface area (Å²) < 4.78 is 10.5. The Morgan fingerprint density at radius 3 is 2.67 bits per heavy atom. The quantitative estimate of drug-likeness (QED) is 0.259. The Labute approximate surface area is 141 Å². The van der Waals surface area contributed by atoms with Crippen molar-refractivity contribution in [2.24, 2.45) is 0 Å². The number of benzene rings is 2. The summed E-state index contributed by atoms with van der Waals surface area (Å²) in [5.74, 6) is -0.963. The second kappa shape index (κ2) is 7.56. The number of aldehydes is 1. The Hall–Kier alpha value is -2.93. The zero-order valence-electron chi connectivity index (χ0n) is 12.5. The van der Waals surface area contributed by atoms with Crippen molar-refractivity contribution in [2.75, 3.05) is 6.61 Å². The molecule has 0 fully saturated rings.